The summed E-state index contributed by atoms with van der Waals surface area (Å²) in [5, 5.41) is 2.86. The molecular weight excluding hydrogens is 186 g/mol. The standard InChI is InChI=1S/C13H25NO/c1-4-5-6-7-8-9-10-13(15)14-11-12(2)3/h9-10,12H,4-8,11H2,1-3H3,(H,14,15). The van der Waals surface area contributed by atoms with Gasteiger partial charge in [0, 0.05) is 6.54 Å². The Morgan fingerprint density at radius 1 is 1.27 bits per heavy atom. The van der Waals surface area contributed by atoms with E-state index >= 15 is 0 Å². The molecule has 2 heteroatoms. The van der Waals surface area contributed by atoms with Gasteiger partial charge in [0.05, 0.1) is 0 Å². The van der Waals surface area contributed by atoms with Crippen LogP contribution in [0, 0.1) is 5.92 Å². The first-order chi connectivity index (χ1) is 7.16. The zero-order chi connectivity index (χ0) is 11.5. The Morgan fingerprint density at radius 2 is 2.00 bits per heavy atom. The lowest BCUT2D eigenvalue weighted by Crippen LogP contribution is -2.25. The summed E-state index contributed by atoms with van der Waals surface area (Å²) in [6.45, 7) is 7.15. The molecule has 0 aromatic carbocycles. The van der Waals surface area contributed by atoms with E-state index in [-0.39, 0.29) is 5.91 Å². The fraction of sp³-hybridized carbons (Fsp3) is 0.769. The lowest BCUT2D eigenvalue weighted by molar-refractivity contribution is -0.116. The van der Waals surface area contributed by atoms with E-state index in [4.69, 9.17) is 0 Å². The number of rotatable bonds is 8. The van der Waals surface area contributed by atoms with Crippen LogP contribution in [0.5, 0.6) is 0 Å². The highest BCUT2D eigenvalue weighted by Crippen LogP contribution is 2.02. The molecule has 0 aromatic heterocycles. The average Bonchev–Trinajstić information content (AvgIpc) is 2.20. The smallest absolute Gasteiger partial charge is 0.243 e. The second kappa shape index (κ2) is 9.75. The maximum absolute atomic E-state index is 11.2. The number of hydrogen-bond acceptors (Lipinski definition) is 1. The Morgan fingerprint density at radius 3 is 2.60 bits per heavy atom. The number of allylic oxidation sites excluding steroid dienone is 1. The van der Waals surface area contributed by atoms with Gasteiger partial charge in [-0.05, 0) is 24.8 Å². The van der Waals surface area contributed by atoms with E-state index in [9.17, 15) is 4.79 Å². The minimum atomic E-state index is 0.0409. The molecule has 0 rings (SSSR count). The number of amides is 1. The fourth-order valence-corrected chi connectivity index (χ4v) is 1.24. The molecule has 1 amide bonds. The molecule has 0 heterocycles. The van der Waals surface area contributed by atoms with Gasteiger partial charge >= 0.3 is 0 Å². The van der Waals surface area contributed by atoms with Crippen LogP contribution in [0.15, 0.2) is 12.2 Å². The molecule has 0 saturated heterocycles. The number of unbranched alkanes of at least 4 members (excludes halogenated alkanes) is 4. The number of carbonyl (C=O) groups excluding carboxylic acids is 1. The van der Waals surface area contributed by atoms with E-state index < -0.39 is 0 Å². The highest BCUT2D eigenvalue weighted by atomic mass is 16.1. The zero-order valence-corrected chi connectivity index (χ0v) is 10.4. The molecule has 0 aliphatic carbocycles. The molecule has 0 aromatic rings. The molecule has 0 unspecified atom stereocenters. The van der Waals surface area contributed by atoms with Crippen LogP contribution in [0.3, 0.4) is 0 Å². The highest BCUT2D eigenvalue weighted by Gasteiger charge is 1.96. The second-order valence-electron chi connectivity index (χ2n) is 4.39. The first kappa shape index (κ1) is 14.2. The van der Waals surface area contributed by atoms with Gasteiger partial charge in [-0.25, -0.2) is 0 Å². The normalized spacial score (nSPS) is 11.2. The Hall–Kier alpha value is -0.790. The Labute approximate surface area is 94.1 Å². The van der Waals surface area contributed by atoms with Crippen molar-refractivity contribution in [2.24, 2.45) is 5.92 Å². The summed E-state index contributed by atoms with van der Waals surface area (Å²) >= 11 is 0. The third kappa shape index (κ3) is 11.1. The molecular formula is C13H25NO. The van der Waals surface area contributed by atoms with Crippen LogP contribution in [0.4, 0.5) is 0 Å². The summed E-state index contributed by atoms with van der Waals surface area (Å²) in [5.74, 6) is 0.561. The van der Waals surface area contributed by atoms with Gasteiger partial charge in [0.15, 0.2) is 0 Å². The van der Waals surface area contributed by atoms with Crippen molar-refractivity contribution in [2.45, 2.75) is 52.9 Å². The Balaban J connectivity index is 3.38. The van der Waals surface area contributed by atoms with Crippen molar-refractivity contribution in [1.82, 2.24) is 5.32 Å². The van der Waals surface area contributed by atoms with Crippen LogP contribution in [0.2, 0.25) is 0 Å². The van der Waals surface area contributed by atoms with Crippen LogP contribution in [-0.4, -0.2) is 12.5 Å². The van der Waals surface area contributed by atoms with Gasteiger partial charge in [-0.2, -0.15) is 0 Å². The molecule has 0 radical (unpaired) electrons. The van der Waals surface area contributed by atoms with Crippen LogP contribution in [0.1, 0.15) is 52.9 Å². The van der Waals surface area contributed by atoms with E-state index in [1.165, 1.54) is 25.7 Å². The lowest BCUT2D eigenvalue weighted by atomic mass is 10.1. The number of hydrogen-bond donors (Lipinski definition) is 1. The topological polar surface area (TPSA) is 29.1 Å². The third-order valence-electron chi connectivity index (χ3n) is 2.18. The number of carbonyl (C=O) groups is 1. The van der Waals surface area contributed by atoms with Gasteiger partial charge < -0.3 is 5.32 Å². The fourth-order valence-electron chi connectivity index (χ4n) is 1.24. The molecule has 0 saturated carbocycles. The van der Waals surface area contributed by atoms with Crippen molar-refractivity contribution < 1.29 is 4.79 Å². The zero-order valence-electron chi connectivity index (χ0n) is 10.4. The predicted molar refractivity (Wildman–Crippen MR) is 65.7 cm³/mol. The summed E-state index contributed by atoms with van der Waals surface area (Å²) in [4.78, 5) is 11.2. The highest BCUT2D eigenvalue weighted by molar-refractivity contribution is 5.87. The third-order valence-corrected chi connectivity index (χ3v) is 2.18. The minimum Gasteiger partial charge on any atom is -0.352 e. The van der Waals surface area contributed by atoms with Gasteiger partial charge in [0.1, 0.15) is 0 Å². The second-order valence-corrected chi connectivity index (χ2v) is 4.39. The summed E-state index contributed by atoms with van der Waals surface area (Å²) in [6.07, 6.45) is 9.69. The van der Waals surface area contributed by atoms with Crippen LogP contribution >= 0.6 is 0 Å². The number of nitrogens with one attached hydrogen (secondary N) is 1. The largest absolute Gasteiger partial charge is 0.352 e. The molecule has 15 heavy (non-hydrogen) atoms. The van der Waals surface area contributed by atoms with Crippen LogP contribution in [-0.2, 0) is 4.79 Å². The van der Waals surface area contributed by atoms with Crippen molar-refractivity contribution in [1.29, 1.82) is 0 Å². The monoisotopic (exact) mass is 211 g/mol. The van der Waals surface area contributed by atoms with E-state index in [2.05, 4.69) is 26.1 Å². The SMILES string of the molecule is CCCCCCC=CC(=O)NCC(C)C. The maximum Gasteiger partial charge on any atom is 0.243 e. The molecule has 1 N–H and O–H groups in total. The van der Waals surface area contributed by atoms with Crippen LogP contribution < -0.4 is 5.32 Å². The van der Waals surface area contributed by atoms with Crippen molar-refractivity contribution >= 4 is 5.91 Å². The Kier molecular flexibility index (Phi) is 9.24. The van der Waals surface area contributed by atoms with Crippen LogP contribution in [0.25, 0.3) is 0 Å². The predicted octanol–water partition coefficient (Wildman–Crippen LogP) is 3.29. The Bertz CT molecular complexity index is 185. The van der Waals surface area contributed by atoms with E-state index in [0.717, 1.165) is 13.0 Å². The molecule has 0 aliphatic rings. The van der Waals surface area contributed by atoms with Crippen molar-refractivity contribution in [3.8, 4) is 0 Å². The molecule has 2 nitrogen and oxygen atoms in total. The van der Waals surface area contributed by atoms with Gasteiger partial charge in [0.2, 0.25) is 5.91 Å². The summed E-state index contributed by atoms with van der Waals surface area (Å²) < 4.78 is 0. The summed E-state index contributed by atoms with van der Waals surface area (Å²) in [6, 6.07) is 0. The first-order valence-corrected chi connectivity index (χ1v) is 6.11. The summed E-state index contributed by atoms with van der Waals surface area (Å²) in [7, 11) is 0. The van der Waals surface area contributed by atoms with E-state index in [0.29, 0.717) is 5.92 Å². The summed E-state index contributed by atoms with van der Waals surface area (Å²) in [5.41, 5.74) is 0. The molecule has 0 bridgehead atoms. The molecule has 88 valence electrons. The van der Waals surface area contributed by atoms with E-state index in [1.807, 2.05) is 6.08 Å². The van der Waals surface area contributed by atoms with Crippen molar-refractivity contribution in [3.05, 3.63) is 12.2 Å². The lowest BCUT2D eigenvalue weighted by Gasteiger charge is -2.04. The van der Waals surface area contributed by atoms with Gasteiger partial charge in [0.25, 0.3) is 0 Å². The average molecular weight is 211 g/mol. The van der Waals surface area contributed by atoms with Gasteiger partial charge in [-0.3, -0.25) is 4.79 Å². The molecule has 0 atom stereocenters. The van der Waals surface area contributed by atoms with Gasteiger partial charge in [-0.15, -0.1) is 0 Å². The quantitative estimate of drug-likeness (QED) is 0.484. The minimum absolute atomic E-state index is 0.0409. The molecule has 0 spiro atoms. The molecule has 0 fully saturated rings. The van der Waals surface area contributed by atoms with Crippen molar-refractivity contribution in [3.63, 3.8) is 0 Å². The van der Waals surface area contributed by atoms with E-state index in [1.54, 1.807) is 6.08 Å². The maximum atomic E-state index is 11.2. The van der Waals surface area contributed by atoms with Crippen molar-refractivity contribution in [2.75, 3.05) is 6.54 Å². The van der Waals surface area contributed by atoms with Gasteiger partial charge in [-0.1, -0.05) is 46.1 Å². The first-order valence-electron chi connectivity index (χ1n) is 6.11. The molecule has 0 aliphatic heterocycles.